The van der Waals surface area contributed by atoms with Gasteiger partial charge in [0.05, 0.1) is 5.92 Å². The number of aromatic nitrogens is 2. The van der Waals surface area contributed by atoms with Gasteiger partial charge in [-0.15, -0.1) is 0 Å². The summed E-state index contributed by atoms with van der Waals surface area (Å²) in [4.78, 5) is 8.45. The lowest BCUT2D eigenvalue weighted by molar-refractivity contribution is 0.397. The van der Waals surface area contributed by atoms with Crippen LogP contribution in [0.2, 0.25) is 0 Å². The molecule has 5 nitrogen and oxygen atoms in total. The van der Waals surface area contributed by atoms with Crippen molar-refractivity contribution < 1.29 is 4.74 Å². The van der Waals surface area contributed by atoms with Crippen LogP contribution in [0.5, 0.6) is 5.75 Å². The molecule has 2 N–H and O–H groups in total. The third kappa shape index (κ3) is 2.00. The van der Waals surface area contributed by atoms with E-state index in [-0.39, 0.29) is 11.8 Å². The first-order chi connectivity index (χ1) is 11.3. The summed E-state index contributed by atoms with van der Waals surface area (Å²) >= 11 is 0. The lowest BCUT2D eigenvalue weighted by Crippen LogP contribution is -2.21. The van der Waals surface area contributed by atoms with E-state index in [9.17, 15) is 5.26 Å². The molecule has 0 unspecified atom stereocenters. The molecule has 2 aromatic heterocycles. The van der Waals surface area contributed by atoms with Gasteiger partial charge >= 0.3 is 0 Å². The molecule has 1 aliphatic rings. The third-order valence-corrected chi connectivity index (χ3v) is 4.00. The number of fused-ring (bicyclic) bond motifs is 3. The smallest absolute Gasteiger partial charge is 0.205 e. The second-order valence-corrected chi connectivity index (χ2v) is 5.26. The minimum absolute atomic E-state index is 0.125. The fourth-order valence-electron chi connectivity index (χ4n) is 2.95. The molecule has 3 heterocycles. The van der Waals surface area contributed by atoms with Crippen molar-refractivity contribution in [2.45, 2.75) is 5.92 Å². The Kier molecular flexibility index (Phi) is 2.95. The Bertz CT molecular complexity index is 973. The van der Waals surface area contributed by atoms with Crippen LogP contribution in [0, 0.1) is 11.3 Å². The highest BCUT2D eigenvalue weighted by molar-refractivity contribution is 5.87. The van der Waals surface area contributed by atoms with Crippen LogP contribution >= 0.6 is 0 Å². The predicted molar refractivity (Wildman–Crippen MR) is 85.3 cm³/mol. The molecule has 0 radical (unpaired) electrons. The Morgan fingerprint density at radius 1 is 1.09 bits per heavy atom. The molecule has 0 fully saturated rings. The monoisotopic (exact) mass is 300 g/mol. The minimum atomic E-state index is -0.279. The number of allylic oxidation sites excluding steroid dienone is 1. The molecule has 1 aromatic carbocycles. The van der Waals surface area contributed by atoms with Crippen molar-refractivity contribution in [1.82, 2.24) is 9.97 Å². The Labute approximate surface area is 132 Å². The Balaban J connectivity index is 2.03. The van der Waals surface area contributed by atoms with E-state index in [0.29, 0.717) is 11.3 Å². The summed E-state index contributed by atoms with van der Waals surface area (Å²) in [5, 5.41) is 10.5. The number of ether oxygens (including phenoxy) is 1. The van der Waals surface area contributed by atoms with Crippen molar-refractivity contribution in [3.63, 3.8) is 0 Å². The molecular formula is C18H12N4O. The van der Waals surface area contributed by atoms with E-state index in [0.717, 1.165) is 22.0 Å². The topological polar surface area (TPSA) is 84.8 Å². The Morgan fingerprint density at radius 2 is 1.91 bits per heavy atom. The molecule has 0 saturated carbocycles. The number of nitrogens with two attached hydrogens (primary N) is 1. The molecule has 23 heavy (non-hydrogen) atoms. The lowest BCUT2D eigenvalue weighted by Gasteiger charge is -2.26. The molecule has 5 heteroatoms. The van der Waals surface area contributed by atoms with Gasteiger partial charge in [-0.3, -0.25) is 9.97 Å². The number of rotatable bonds is 1. The number of nitrogens with zero attached hydrogens (tertiary/aromatic N) is 3. The molecule has 4 rings (SSSR count). The normalized spacial score (nSPS) is 16.6. The van der Waals surface area contributed by atoms with Gasteiger partial charge in [0, 0.05) is 29.5 Å². The highest BCUT2D eigenvalue weighted by atomic mass is 16.5. The van der Waals surface area contributed by atoms with E-state index in [1.165, 1.54) is 0 Å². The largest absolute Gasteiger partial charge is 0.438 e. The maximum Gasteiger partial charge on any atom is 0.205 e. The molecule has 3 aromatic rings. The quantitative estimate of drug-likeness (QED) is 0.747. The van der Waals surface area contributed by atoms with Gasteiger partial charge in [0.2, 0.25) is 5.88 Å². The first-order valence-electron chi connectivity index (χ1n) is 7.14. The van der Waals surface area contributed by atoms with Gasteiger partial charge in [-0.05, 0) is 23.8 Å². The van der Waals surface area contributed by atoms with Crippen LogP contribution < -0.4 is 10.5 Å². The highest BCUT2D eigenvalue weighted by Crippen LogP contribution is 2.44. The molecule has 1 atom stereocenters. The molecule has 0 bridgehead atoms. The van der Waals surface area contributed by atoms with Crippen molar-refractivity contribution in [3.8, 4) is 11.8 Å². The van der Waals surface area contributed by atoms with Gasteiger partial charge in [0.15, 0.2) is 5.75 Å². The first kappa shape index (κ1) is 13.3. The van der Waals surface area contributed by atoms with Crippen molar-refractivity contribution >= 4 is 10.9 Å². The summed E-state index contributed by atoms with van der Waals surface area (Å²) in [7, 11) is 0. The van der Waals surface area contributed by atoms with E-state index in [2.05, 4.69) is 16.0 Å². The van der Waals surface area contributed by atoms with Crippen molar-refractivity contribution in [2.75, 3.05) is 0 Å². The van der Waals surface area contributed by atoms with E-state index >= 15 is 0 Å². The molecule has 0 saturated heterocycles. The minimum Gasteiger partial charge on any atom is -0.438 e. The van der Waals surface area contributed by atoms with E-state index < -0.39 is 0 Å². The SMILES string of the molecule is N#CC1=C(N)Oc2c(ccc3cccnc23)[C@H]1c1ccncc1. The summed E-state index contributed by atoms with van der Waals surface area (Å²) in [5.74, 6) is 0.458. The standard InChI is InChI=1S/C18H12N4O/c19-10-14-15(11-5-8-21-9-6-11)13-4-3-12-2-1-7-22-16(12)17(13)23-18(14)20/h1-9,15H,20H2/t15-/m1/s1. The van der Waals surface area contributed by atoms with Gasteiger partial charge in [0.25, 0.3) is 0 Å². The first-order valence-corrected chi connectivity index (χ1v) is 7.14. The molecule has 0 amide bonds. The van der Waals surface area contributed by atoms with E-state index in [1.54, 1.807) is 18.6 Å². The van der Waals surface area contributed by atoms with Gasteiger partial charge in [-0.2, -0.15) is 5.26 Å². The van der Waals surface area contributed by atoms with Crippen LogP contribution in [0.25, 0.3) is 10.9 Å². The van der Waals surface area contributed by atoms with E-state index in [4.69, 9.17) is 10.5 Å². The van der Waals surface area contributed by atoms with Gasteiger partial charge in [-0.25, -0.2) is 0 Å². The number of hydrogen-bond acceptors (Lipinski definition) is 5. The zero-order valence-corrected chi connectivity index (χ0v) is 12.1. The maximum absolute atomic E-state index is 9.53. The van der Waals surface area contributed by atoms with E-state index in [1.807, 2.05) is 36.4 Å². The van der Waals surface area contributed by atoms with Crippen LogP contribution in [0.15, 0.2) is 66.4 Å². The van der Waals surface area contributed by atoms with Crippen molar-refractivity contribution in [1.29, 1.82) is 5.26 Å². The van der Waals surface area contributed by atoms with Crippen molar-refractivity contribution in [2.24, 2.45) is 5.73 Å². The highest BCUT2D eigenvalue weighted by Gasteiger charge is 2.31. The fraction of sp³-hybridized carbons (Fsp3) is 0.0556. The van der Waals surface area contributed by atoms with Crippen LogP contribution in [0.3, 0.4) is 0 Å². The number of nitriles is 1. The molecule has 0 aliphatic carbocycles. The molecule has 0 spiro atoms. The summed E-state index contributed by atoms with van der Waals surface area (Å²) in [6.07, 6.45) is 5.12. The molecule has 110 valence electrons. The Hall–Kier alpha value is -3.39. The average Bonchev–Trinajstić information content (AvgIpc) is 2.61. The Morgan fingerprint density at radius 3 is 2.70 bits per heavy atom. The fourth-order valence-corrected chi connectivity index (χ4v) is 2.95. The zero-order chi connectivity index (χ0) is 15.8. The van der Waals surface area contributed by atoms with Crippen LogP contribution in [-0.2, 0) is 0 Å². The predicted octanol–water partition coefficient (Wildman–Crippen LogP) is 2.85. The summed E-state index contributed by atoms with van der Waals surface area (Å²) in [5.41, 5.74) is 8.98. The van der Waals surface area contributed by atoms with Gasteiger partial charge < -0.3 is 10.5 Å². The van der Waals surface area contributed by atoms with Crippen molar-refractivity contribution in [3.05, 3.63) is 77.6 Å². The summed E-state index contributed by atoms with van der Waals surface area (Å²) < 4.78 is 5.76. The molecular weight excluding hydrogens is 288 g/mol. The number of hydrogen-bond donors (Lipinski definition) is 1. The molecule has 1 aliphatic heterocycles. The maximum atomic E-state index is 9.53. The van der Waals surface area contributed by atoms with Crippen LogP contribution in [0.4, 0.5) is 0 Å². The average molecular weight is 300 g/mol. The summed E-state index contributed by atoms with van der Waals surface area (Å²) in [6, 6.07) is 13.7. The zero-order valence-electron chi connectivity index (χ0n) is 12.1. The van der Waals surface area contributed by atoms with Crippen LogP contribution in [-0.4, -0.2) is 9.97 Å². The van der Waals surface area contributed by atoms with Crippen LogP contribution in [0.1, 0.15) is 17.0 Å². The second-order valence-electron chi connectivity index (χ2n) is 5.26. The summed E-state index contributed by atoms with van der Waals surface area (Å²) in [6.45, 7) is 0. The lowest BCUT2D eigenvalue weighted by atomic mass is 9.83. The van der Waals surface area contributed by atoms with Gasteiger partial charge in [0.1, 0.15) is 17.2 Å². The third-order valence-electron chi connectivity index (χ3n) is 4.00. The number of benzene rings is 1. The number of pyridine rings is 2. The van der Waals surface area contributed by atoms with Gasteiger partial charge in [-0.1, -0.05) is 18.2 Å². The second kappa shape index (κ2) is 5.11.